The fourth-order valence-corrected chi connectivity index (χ4v) is 4.50. The van der Waals surface area contributed by atoms with Crippen LogP contribution in [0, 0.1) is 0 Å². The Labute approximate surface area is 163 Å². The Hall–Kier alpha value is -2.24. The van der Waals surface area contributed by atoms with Gasteiger partial charge >= 0.3 is 0 Å². The van der Waals surface area contributed by atoms with E-state index >= 15 is 0 Å². The van der Waals surface area contributed by atoms with E-state index in [4.69, 9.17) is 9.72 Å². The zero-order valence-corrected chi connectivity index (χ0v) is 16.5. The van der Waals surface area contributed by atoms with Crippen LogP contribution >= 0.6 is 11.3 Å². The minimum atomic E-state index is -0.356. The molecule has 1 atom stereocenters. The van der Waals surface area contributed by atoms with Gasteiger partial charge in [-0.05, 0) is 36.0 Å². The highest BCUT2D eigenvalue weighted by Crippen LogP contribution is 2.35. The number of thiazole rings is 1. The summed E-state index contributed by atoms with van der Waals surface area (Å²) < 4.78 is 6.80. The van der Waals surface area contributed by atoms with Gasteiger partial charge in [-0.2, -0.15) is 0 Å². The molecule has 140 valence electrons. The number of benzene rings is 2. The first kappa shape index (κ1) is 18.1. The maximum absolute atomic E-state index is 13.2. The first-order valence-electron chi connectivity index (χ1n) is 9.50. The molecular weight excluding hydrogens is 356 g/mol. The van der Waals surface area contributed by atoms with Gasteiger partial charge in [-0.3, -0.25) is 9.69 Å². The van der Waals surface area contributed by atoms with Crippen LogP contribution in [0.15, 0.2) is 48.5 Å². The molecule has 3 aromatic rings. The number of carbonyl (C=O) groups is 1. The molecule has 0 N–H and O–H groups in total. The summed E-state index contributed by atoms with van der Waals surface area (Å²) in [4.78, 5) is 19.9. The highest BCUT2D eigenvalue weighted by Gasteiger charge is 2.31. The monoisotopic (exact) mass is 380 g/mol. The van der Waals surface area contributed by atoms with Crippen LogP contribution in [0.4, 0.5) is 5.13 Å². The molecule has 0 saturated carbocycles. The number of hydrogen-bond donors (Lipinski definition) is 0. The van der Waals surface area contributed by atoms with Crippen LogP contribution < -0.4 is 4.90 Å². The lowest BCUT2D eigenvalue weighted by molar-refractivity contribution is -0.127. The van der Waals surface area contributed by atoms with Crippen molar-refractivity contribution in [2.45, 2.75) is 45.3 Å². The van der Waals surface area contributed by atoms with Gasteiger partial charge in [0.25, 0.3) is 5.91 Å². The van der Waals surface area contributed by atoms with E-state index in [2.05, 4.69) is 32.0 Å². The number of ether oxygens (including phenoxy) is 1. The Morgan fingerprint density at radius 3 is 2.74 bits per heavy atom. The summed E-state index contributed by atoms with van der Waals surface area (Å²) >= 11 is 1.58. The SMILES string of the molecule is CC(C)c1cccc2sc(N(Cc3ccccc3)C(=O)C3CCCO3)nc12. The van der Waals surface area contributed by atoms with Crippen molar-refractivity contribution >= 4 is 32.6 Å². The standard InChI is InChI=1S/C22H24N2O2S/c1-15(2)17-10-6-12-19-20(17)23-22(27-19)24(14-16-8-4-3-5-9-16)21(25)18-11-7-13-26-18/h3-6,8-10,12,15,18H,7,11,13-14H2,1-2H3. The lowest BCUT2D eigenvalue weighted by Gasteiger charge is -2.23. The second-order valence-electron chi connectivity index (χ2n) is 7.26. The Morgan fingerprint density at radius 1 is 1.22 bits per heavy atom. The molecule has 27 heavy (non-hydrogen) atoms. The average molecular weight is 381 g/mol. The zero-order chi connectivity index (χ0) is 18.8. The summed E-state index contributed by atoms with van der Waals surface area (Å²) in [6.45, 7) is 5.52. The van der Waals surface area contributed by atoms with Gasteiger partial charge in [0.2, 0.25) is 0 Å². The van der Waals surface area contributed by atoms with Crippen LogP contribution in [0.1, 0.15) is 43.7 Å². The van der Waals surface area contributed by atoms with Gasteiger partial charge in [0.15, 0.2) is 5.13 Å². The second kappa shape index (κ2) is 7.79. The highest BCUT2D eigenvalue weighted by molar-refractivity contribution is 7.22. The summed E-state index contributed by atoms with van der Waals surface area (Å²) in [7, 11) is 0. The number of fused-ring (bicyclic) bond motifs is 1. The summed E-state index contributed by atoms with van der Waals surface area (Å²) in [6.07, 6.45) is 1.37. The number of para-hydroxylation sites is 1. The molecule has 0 bridgehead atoms. The Bertz CT molecular complexity index is 930. The van der Waals surface area contributed by atoms with Crippen LogP contribution in [0.25, 0.3) is 10.2 Å². The average Bonchev–Trinajstić information content (AvgIpc) is 3.35. The molecule has 4 rings (SSSR count). The third-order valence-corrected chi connectivity index (χ3v) is 5.99. The quantitative estimate of drug-likeness (QED) is 0.616. The van der Waals surface area contributed by atoms with Crippen molar-refractivity contribution in [1.29, 1.82) is 0 Å². The van der Waals surface area contributed by atoms with Crippen LogP contribution in [-0.2, 0) is 16.1 Å². The third-order valence-electron chi connectivity index (χ3n) is 4.95. The molecule has 0 aliphatic carbocycles. The van der Waals surface area contributed by atoms with Gasteiger partial charge < -0.3 is 4.74 Å². The second-order valence-corrected chi connectivity index (χ2v) is 8.27. The van der Waals surface area contributed by atoms with Crippen LogP contribution in [0.2, 0.25) is 0 Å². The summed E-state index contributed by atoms with van der Waals surface area (Å²) in [5, 5.41) is 0.752. The number of anilines is 1. The van der Waals surface area contributed by atoms with Gasteiger partial charge in [-0.1, -0.05) is 67.6 Å². The predicted molar refractivity (Wildman–Crippen MR) is 110 cm³/mol. The largest absolute Gasteiger partial charge is 0.368 e. The molecule has 1 aliphatic rings. The molecule has 1 saturated heterocycles. The topological polar surface area (TPSA) is 42.4 Å². The van der Waals surface area contributed by atoms with E-state index in [1.54, 1.807) is 16.2 Å². The van der Waals surface area contributed by atoms with Gasteiger partial charge in [-0.15, -0.1) is 0 Å². The fraction of sp³-hybridized carbons (Fsp3) is 0.364. The summed E-state index contributed by atoms with van der Waals surface area (Å²) in [6, 6.07) is 16.4. The summed E-state index contributed by atoms with van der Waals surface area (Å²) in [5.41, 5.74) is 3.32. The Balaban J connectivity index is 1.74. The molecule has 4 nitrogen and oxygen atoms in total. The Kier molecular flexibility index (Phi) is 5.23. The highest BCUT2D eigenvalue weighted by atomic mass is 32.1. The third kappa shape index (κ3) is 3.75. The molecule has 1 aromatic heterocycles. The minimum Gasteiger partial charge on any atom is -0.368 e. The normalized spacial score (nSPS) is 16.9. The molecule has 1 aliphatic heterocycles. The van der Waals surface area contributed by atoms with Crippen LogP contribution in [0.3, 0.4) is 0 Å². The fourth-order valence-electron chi connectivity index (χ4n) is 3.49. The molecule has 0 radical (unpaired) electrons. The number of nitrogens with zero attached hydrogens (tertiary/aromatic N) is 2. The smallest absolute Gasteiger partial charge is 0.258 e. The molecule has 1 unspecified atom stereocenters. The minimum absolute atomic E-state index is 0.0153. The van der Waals surface area contributed by atoms with Crippen molar-refractivity contribution < 1.29 is 9.53 Å². The summed E-state index contributed by atoms with van der Waals surface area (Å²) in [5.74, 6) is 0.404. The lowest BCUT2D eigenvalue weighted by Crippen LogP contribution is -2.38. The number of carbonyl (C=O) groups excluding carboxylic acids is 1. The van der Waals surface area contributed by atoms with E-state index in [-0.39, 0.29) is 12.0 Å². The van der Waals surface area contributed by atoms with Crippen LogP contribution in [0.5, 0.6) is 0 Å². The van der Waals surface area contributed by atoms with Gasteiger partial charge in [0.1, 0.15) is 6.10 Å². The van der Waals surface area contributed by atoms with Crippen LogP contribution in [-0.4, -0.2) is 23.6 Å². The first-order valence-corrected chi connectivity index (χ1v) is 10.3. The number of aromatic nitrogens is 1. The number of hydrogen-bond acceptors (Lipinski definition) is 4. The van der Waals surface area contributed by atoms with Gasteiger partial charge in [0.05, 0.1) is 16.8 Å². The van der Waals surface area contributed by atoms with Crippen molar-refractivity contribution in [3.05, 3.63) is 59.7 Å². The van der Waals surface area contributed by atoms with Gasteiger partial charge in [0, 0.05) is 6.61 Å². The molecule has 1 amide bonds. The van der Waals surface area contributed by atoms with Crippen molar-refractivity contribution in [1.82, 2.24) is 4.98 Å². The van der Waals surface area contributed by atoms with Gasteiger partial charge in [-0.25, -0.2) is 4.98 Å². The Morgan fingerprint density at radius 2 is 2.04 bits per heavy atom. The maximum Gasteiger partial charge on any atom is 0.258 e. The number of amides is 1. The molecule has 2 aromatic carbocycles. The van der Waals surface area contributed by atoms with E-state index < -0.39 is 0 Å². The van der Waals surface area contributed by atoms with E-state index in [1.807, 2.05) is 30.3 Å². The molecular formula is C22H24N2O2S. The first-order chi connectivity index (χ1) is 13.1. The molecule has 5 heteroatoms. The van der Waals surface area contributed by atoms with Crippen molar-refractivity contribution in [2.75, 3.05) is 11.5 Å². The van der Waals surface area contributed by atoms with Crippen molar-refractivity contribution in [2.24, 2.45) is 0 Å². The van der Waals surface area contributed by atoms with E-state index in [0.29, 0.717) is 19.1 Å². The molecule has 0 spiro atoms. The van der Waals surface area contributed by atoms with Crippen molar-refractivity contribution in [3.8, 4) is 0 Å². The van der Waals surface area contributed by atoms with E-state index in [0.717, 1.165) is 33.8 Å². The zero-order valence-electron chi connectivity index (χ0n) is 15.7. The molecule has 1 fully saturated rings. The molecule has 2 heterocycles. The van der Waals surface area contributed by atoms with E-state index in [9.17, 15) is 4.79 Å². The van der Waals surface area contributed by atoms with E-state index in [1.165, 1.54) is 5.56 Å². The number of rotatable bonds is 5. The lowest BCUT2D eigenvalue weighted by atomic mass is 10.0. The van der Waals surface area contributed by atoms with Crippen molar-refractivity contribution in [3.63, 3.8) is 0 Å². The predicted octanol–water partition coefficient (Wildman–Crippen LogP) is 5.13. The maximum atomic E-state index is 13.2.